The van der Waals surface area contributed by atoms with Crippen LogP contribution in [0.5, 0.6) is 0 Å². The van der Waals surface area contributed by atoms with Gasteiger partial charge >= 0.3 is 5.97 Å². The molecule has 1 saturated carbocycles. The van der Waals surface area contributed by atoms with Gasteiger partial charge in [0.1, 0.15) is 6.10 Å². The van der Waals surface area contributed by atoms with Crippen LogP contribution < -0.4 is 0 Å². The molecule has 0 heterocycles. The first kappa shape index (κ1) is 17.0. The van der Waals surface area contributed by atoms with E-state index in [1.807, 2.05) is 32.0 Å². The summed E-state index contributed by atoms with van der Waals surface area (Å²) in [4.78, 5) is 22.7. The van der Waals surface area contributed by atoms with Crippen LogP contribution in [0.4, 0.5) is 0 Å². The van der Waals surface area contributed by atoms with Crippen LogP contribution in [0, 0.1) is 25.2 Å². The standard InChI is InChI=1S/C19H28O3/c1-13-7-6-8-14(2)17(13)18(20)22-21-16-11-9-15(10-12-16)19(3,4)5/h6-8,15-16H,9-12H2,1-5H3. The van der Waals surface area contributed by atoms with Gasteiger partial charge in [0.05, 0.1) is 5.56 Å². The third-order valence-electron chi connectivity index (χ3n) is 4.84. The van der Waals surface area contributed by atoms with Gasteiger partial charge in [-0.15, -0.1) is 0 Å². The second-order valence-corrected chi connectivity index (χ2v) is 7.57. The van der Waals surface area contributed by atoms with Crippen molar-refractivity contribution in [3.63, 3.8) is 0 Å². The lowest BCUT2D eigenvalue weighted by Gasteiger charge is -2.36. The highest BCUT2D eigenvalue weighted by Gasteiger charge is 2.31. The number of benzene rings is 1. The summed E-state index contributed by atoms with van der Waals surface area (Å²) in [5, 5.41) is 0. The summed E-state index contributed by atoms with van der Waals surface area (Å²) in [5.74, 6) is 0.343. The first-order valence-corrected chi connectivity index (χ1v) is 8.23. The van der Waals surface area contributed by atoms with Crippen LogP contribution in [0.2, 0.25) is 0 Å². The average Bonchev–Trinajstić information content (AvgIpc) is 2.44. The number of aryl methyl sites for hydroxylation is 2. The third kappa shape index (κ3) is 4.10. The normalized spacial score (nSPS) is 22.4. The van der Waals surface area contributed by atoms with Crippen molar-refractivity contribution in [2.24, 2.45) is 11.3 Å². The predicted octanol–water partition coefficient (Wildman–Crippen LogP) is 5.00. The van der Waals surface area contributed by atoms with E-state index in [0.717, 1.165) is 42.7 Å². The van der Waals surface area contributed by atoms with Crippen molar-refractivity contribution in [2.45, 2.75) is 66.4 Å². The van der Waals surface area contributed by atoms with Crippen molar-refractivity contribution in [1.29, 1.82) is 0 Å². The zero-order valence-electron chi connectivity index (χ0n) is 14.4. The van der Waals surface area contributed by atoms with Crippen LogP contribution in [-0.4, -0.2) is 12.1 Å². The molecule has 1 aliphatic carbocycles. The molecule has 0 spiro atoms. The Hall–Kier alpha value is -1.35. The fraction of sp³-hybridized carbons (Fsp3) is 0.632. The smallest absolute Gasteiger partial charge is 0.293 e. The molecule has 0 amide bonds. The van der Waals surface area contributed by atoms with Gasteiger partial charge in [0.15, 0.2) is 0 Å². The predicted molar refractivity (Wildman–Crippen MR) is 87.6 cm³/mol. The first-order valence-electron chi connectivity index (χ1n) is 8.23. The van der Waals surface area contributed by atoms with Crippen molar-refractivity contribution in [1.82, 2.24) is 0 Å². The molecule has 1 aromatic carbocycles. The topological polar surface area (TPSA) is 35.5 Å². The lowest BCUT2D eigenvalue weighted by molar-refractivity contribution is -0.281. The van der Waals surface area contributed by atoms with Crippen LogP contribution in [0.15, 0.2) is 18.2 Å². The Bertz CT molecular complexity index is 500. The van der Waals surface area contributed by atoms with E-state index in [1.165, 1.54) is 0 Å². The van der Waals surface area contributed by atoms with Gasteiger partial charge < -0.3 is 0 Å². The van der Waals surface area contributed by atoms with Crippen LogP contribution in [0.3, 0.4) is 0 Å². The molecule has 0 N–H and O–H groups in total. The molecule has 1 aromatic rings. The van der Waals surface area contributed by atoms with Crippen molar-refractivity contribution in [2.75, 3.05) is 0 Å². The number of rotatable bonds is 3. The Balaban J connectivity index is 1.86. The minimum atomic E-state index is -0.381. The van der Waals surface area contributed by atoms with Crippen LogP contribution in [-0.2, 0) is 9.78 Å². The molecule has 0 aliphatic heterocycles. The molecule has 122 valence electrons. The molecule has 0 saturated heterocycles. The summed E-state index contributed by atoms with van der Waals surface area (Å²) in [7, 11) is 0. The number of hydrogen-bond acceptors (Lipinski definition) is 3. The monoisotopic (exact) mass is 304 g/mol. The van der Waals surface area contributed by atoms with Crippen LogP contribution in [0.25, 0.3) is 0 Å². The number of carbonyl (C=O) groups excluding carboxylic acids is 1. The molecule has 3 heteroatoms. The highest BCUT2D eigenvalue weighted by Crippen LogP contribution is 2.38. The van der Waals surface area contributed by atoms with Gasteiger partial charge in [-0.05, 0) is 62.0 Å². The van der Waals surface area contributed by atoms with Gasteiger partial charge in [-0.3, -0.25) is 4.89 Å². The first-order chi connectivity index (χ1) is 10.3. The fourth-order valence-electron chi connectivity index (χ4n) is 3.31. The van der Waals surface area contributed by atoms with Crippen molar-refractivity contribution in [3.8, 4) is 0 Å². The Morgan fingerprint density at radius 2 is 1.59 bits per heavy atom. The molecule has 0 bridgehead atoms. The largest absolute Gasteiger partial charge is 0.373 e. The lowest BCUT2D eigenvalue weighted by atomic mass is 9.72. The maximum absolute atomic E-state index is 12.2. The second kappa shape index (κ2) is 6.82. The summed E-state index contributed by atoms with van der Waals surface area (Å²) < 4.78 is 0. The van der Waals surface area contributed by atoms with Crippen LogP contribution >= 0.6 is 0 Å². The minimum absolute atomic E-state index is 0.0341. The Kier molecular flexibility index (Phi) is 5.28. The van der Waals surface area contributed by atoms with E-state index in [9.17, 15) is 4.79 Å². The van der Waals surface area contributed by atoms with E-state index in [0.29, 0.717) is 11.0 Å². The quantitative estimate of drug-likeness (QED) is 0.582. The lowest BCUT2D eigenvalue weighted by Crippen LogP contribution is -2.29. The van der Waals surface area contributed by atoms with Gasteiger partial charge in [0.2, 0.25) is 0 Å². The summed E-state index contributed by atoms with van der Waals surface area (Å²) in [6.45, 7) is 10.7. The highest BCUT2D eigenvalue weighted by atomic mass is 17.2. The molecule has 0 aromatic heterocycles. The molecular weight excluding hydrogens is 276 g/mol. The van der Waals surface area contributed by atoms with E-state index in [1.54, 1.807) is 0 Å². The Morgan fingerprint density at radius 1 is 1.05 bits per heavy atom. The Labute approximate surface area is 133 Å². The second-order valence-electron chi connectivity index (χ2n) is 7.57. The summed E-state index contributed by atoms with van der Waals surface area (Å²) >= 11 is 0. The van der Waals surface area contributed by atoms with Gasteiger partial charge in [0, 0.05) is 0 Å². The number of hydrogen-bond donors (Lipinski definition) is 0. The van der Waals surface area contributed by atoms with Gasteiger partial charge in [0.25, 0.3) is 0 Å². The number of carbonyl (C=O) groups is 1. The summed E-state index contributed by atoms with van der Waals surface area (Å²) in [6.07, 6.45) is 4.22. The molecule has 0 radical (unpaired) electrons. The molecule has 1 fully saturated rings. The van der Waals surface area contributed by atoms with Gasteiger partial charge in [-0.2, -0.15) is 4.89 Å². The third-order valence-corrected chi connectivity index (χ3v) is 4.84. The maximum Gasteiger partial charge on any atom is 0.373 e. The molecule has 2 rings (SSSR count). The minimum Gasteiger partial charge on any atom is -0.293 e. The van der Waals surface area contributed by atoms with E-state index >= 15 is 0 Å². The molecule has 3 nitrogen and oxygen atoms in total. The van der Waals surface area contributed by atoms with Crippen molar-refractivity contribution < 1.29 is 14.6 Å². The summed E-state index contributed by atoms with van der Waals surface area (Å²) in [6, 6.07) is 5.77. The molecule has 22 heavy (non-hydrogen) atoms. The summed E-state index contributed by atoms with van der Waals surface area (Å²) in [5.41, 5.74) is 2.81. The zero-order chi connectivity index (χ0) is 16.3. The molecular formula is C19H28O3. The SMILES string of the molecule is Cc1cccc(C)c1C(=O)OOC1CCC(C(C)(C)C)CC1. The molecule has 1 aliphatic rings. The van der Waals surface area contributed by atoms with Gasteiger partial charge in [-0.25, -0.2) is 4.79 Å². The van der Waals surface area contributed by atoms with E-state index < -0.39 is 0 Å². The zero-order valence-corrected chi connectivity index (χ0v) is 14.4. The van der Waals surface area contributed by atoms with E-state index in [-0.39, 0.29) is 12.1 Å². The highest BCUT2D eigenvalue weighted by molar-refractivity contribution is 5.92. The van der Waals surface area contributed by atoms with Crippen LogP contribution in [0.1, 0.15) is 67.9 Å². The van der Waals surface area contributed by atoms with Crippen molar-refractivity contribution >= 4 is 5.97 Å². The molecule has 0 unspecified atom stereocenters. The Morgan fingerprint density at radius 3 is 2.09 bits per heavy atom. The fourth-order valence-corrected chi connectivity index (χ4v) is 3.31. The van der Waals surface area contributed by atoms with E-state index in [2.05, 4.69) is 20.8 Å². The molecule has 0 atom stereocenters. The maximum atomic E-state index is 12.2. The van der Waals surface area contributed by atoms with Crippen molar-refractivity contribution in [3.05, 3.63) is 34.9 Å². The average molecular weight is 304 g/mol. The van der Waals surface area contributed by atoms with E-state index in [4.69, 9.17) is 9.78 Å². The van der Waals surface area contributed by atoms with Gasteiger partial charge in [-0.1, -0.05) is 39.0 Å².